The van der Waals surface area contributed by atoms with Gasteiger partial charge in [0.25, 0.3) is 5.91 Å². The molecule has 10 heteroatoms. The number of fused-ring (bicyclic) bond motifs is 2. The topological polar surface area (TPSA) is 103 Å². The van der Waals surface area contributed by atoms with E-state index in [0.717, 1.165) is 38.3 Å². The molecule has 0 bridgehead atoms. The highest BCUT2D eigenvalue weighted by Crippen LogP contribution is 2.33. The van der Waals surface area contributed by atoms with Gasteiger partial charge >= 0.3 is 0 Å². The number of ether oxygens (including phenoxy) is 3. The van der Waals surface area contributed by atoms with E-state index in [1.165, 1.54) is 6.07 Å². The van der Waals surface area contributed by atoms with Crippen molar-refractivity contribution < 1.29 is 27.9 Å². The second-order valence-corrected chi connectivity index (χ2v) is 9.49. The number of nitrogens with zero attached hydrogens (tertiary/aromatic N) is 3. The summed E-state index contributed by atoms with van der Waals surface area (Å²) < 4.78 is 36.1. The quantitative estimate of drug-likeness (QED) is 0.376. The van der Waals surface area contributed by atoms with Crippen molar-refractivity contribution in [3.05, 3.63) is 53.8 Å². The molecule has 9 nitrogen and oxygen atoms in total. The second-order valence-electron chi connectivity index (χ2n) is 9.49. The third-order valence-corrected chi connectivity index (χ3v) is 7.17. The van der Waals surface area contributed by atoms with Crippen molar-refractivity contribution in [3.63, 3.8) is 0 Å². The van der Waals surface area contributed by atoms with Crippen LogP contribution in [0, 0.1) is 17.7 Å². The summed E-state index contributed by atoms with van der Waals surface area (Å²) in [5.41, 5.74) is 3.09. The van der Waals surface area contributed by atoms with Gasteiger partial charge in [-0.1, -0.05) is 17.3 Å². The predicted molar refractivity (Wildman–Crippen MR) is 133 cm³/mol. The maximum Gasteiger partial charge on any atom is 0.253 e. The SMILES string of the molecule is COCCOc1cc2[nH]nc(-c3cc(-c4ccc(C(=O)N5CC[C@@H]6COC[C@@H]6C5)cc4)no3)c2cc1F. The van der Waals surface area contributed by atoms with E-state index in [1.54, 1.807) is 19.2 Å². The van der Waals surface area contributed by atoms with Gasteiger partial charge in [0, 0.05) is 61.4 Å². The van der Waals surface area contributed by atoms with Crippen LogP contribution >= 0.6 is 0 Å². The Labute approximate surface area is 212 Å². The summed E-state index contributed by atoms with van der Waals surface area (Å²) in [5, 5.41) is 11.9. The highest BCUT2D eigenvalue weighted by molar-refractivity contribution is 5.95. The summed E-state index contributed by atoms with van der Waals surface area (Å²) in [7, 11) is 1.55. The third kappa shape index (κ3) is 4.58. The minimum Gasteiger partial charge on any atom is -0.488 e. The molecular weight excluding hydrogens is 479 g/mol. The number of halogens is 1. The van der Waals surface area contributed by atoms with E-state index in [2.05, 4.69) is 15.4 Å². The number of aromatic amines is 1. The number of hydrogen-bond donors (Lipinski definition) is 1. The summed E-state index contributed by atoms with van der Waals surface area (Å²) in [5.74, 6) is 1.06. The summed E-state index contributed by atoms with van der Waals surface area (Å²) in [6.07, 6.45) is 0.990. The van der Waals surface area contributed by atoms with Crippen LogP contribution < -0.4 is 4.74 Å². The molecule has 4 heterocycles. The Kier molecular flexibility index (Phi) is 6.35. The molecule has 0 saturated carbocycles. The Morgan fingerprint density at radius 1 is 1.16 bits per heavy atom. The average Bonchev–Trinajstić information content (AvgIpc) is 3.68. The van der Waals surface area contributed by atoms with Crippen molar-refractivity contribution in [1.82, 2.24) is 20.3 Å². The molecule has 2 aromatic heterocycles. The Morgan fingerprint density at radius 2 is 2.00 bits per heavy atom. The maximum atomic E-state index is 14.6. The largest absolute Gasteiger partial charge is 0.488 e. The monoisotopic (exact) mass is 506 g/mol. The van der Waals surface area contributed by atoms with E-state index in [-0.39, 0.29) is 18.3 Å². The van der Waals surface area contributed by atoms with Crippen LogP contribution in [0.15, 0.2) is 47.0 Å². The zero-order chi connectivity index (χ0) is 25.4. The van der Waals surface area contributed by atoms with Crippen molar-refractivity contribution in [3.8, 4) is 28.5 Å². The fourth-order valence-electron chi connectivity index (χ4n) is 5.08. The summed E-state index contributed by atoms with van der Waals surface area (Å²) in [6.45, 7) is 3.66. The number of amides is 1. The molecule has 2 aliphatic rings. The van der Waals surface area contributed by atoms with Crippen molar-refractivity contribution >= 4 is 16.8 Å². The van der Waals surface area contributed by atoms with Crippen LogP contribution in [0.4, 0.5) is 4.39 Å². The molecule has 37 heavy (non-hydrogen) atoms. The number of benzene rings is 2. The van der Waals surface area contributed by atoms with E-state index < -0.39 is 5.82 Å². The average molecular weight is 507 g/mol. The number of hydrogen-bond acceptors (Lipinski definition) is 7. The first-order chi connectivity index (χ1) is 18.1. The van der Waals surface area contributed by atoms with Gasteiger partial charge in [0.15, 0.2) is 17.3 Å². The highest BCUT2D eigenvalue weighted by atomic mass is 19.1. The van der Waals surface area contributed by atoms with Crippen LogP contribution in [-0.2, 0) is 9.47 Å². The smallest absolute Gasteiger partial charge is 0.253 e. The number of aromatic nitrogens is 3. The molecular formula is C27H27FN4O5. The number of carbonyl (C=O) groups is 1. The fourth-order valence-corrected chi connectivity index (χ4v) is 5.08. The molecule has 1 N–H and O–H groups in total. The van der Waals surface area contributed by atoms with Crippen LogP contribution in [0.5, 0.6) is 5.75 Å². The van der Waals surface area contributed by atoms with E-state index in [0.29, 0.717) is 52.1 Å². The normalized spacial score (nSPS) is 19.4. The molecule has 0 radical (unpaired) electrons. The molecule has 2 atom stereocenters. The van der Waals surface area contributed by atoms with Crippen molar-refractivity contribution in [2.75, 3.05) is 46.6 Å². The van der Waals surface area contributed by atoms with Crippen LogP contribution in [0.2, 0.25) is 0 Å². The van der Waals surface area contributed by atoms with Gasteiger partial charge in [-0.05, 0) is 30.5 Å². The van der Waals surface area contributed by atoms with Gasteiger partial charge in [-0.2, -0.15) is 5.10 Å². The predicted octanol–water partition coefficient (Wildman–Crippen LogP) is 4.16. The molecule has 0 spiro atoms. The lowest BCUT2D eigenvalue weighted by Gasteiger charge is -2.34. The van der Waals surface area contributed by atoms with E-state index in [1.807, 2.05) is 29.2 Å². The number of piperidine rings is 1. The fraction of sp³-hybridized carbons (Fsp3) is 0.370. The minimum absolute atomic E-state index is 0.0355. The number of nitrogens with one attached hydrogen (secondary N) is 1. The zero-order valence-electron chi connectivity index (χ0n) is 20.4. The molecule has 2 saturated heterocycles. The number of H-pyrrole nitrogens is 1. The Morgan fingerprint density at radius 3 is 2.84 bits per heavy atom. The van der Waals surface area contributed by atoms with Crippen LogP contribution in [0.25, 0.3) is 33.6 Å². The van der Waals surface area contributed by atoms with Crippen molar-refractivity contribution in [2.24, 2.45) is 11.8 Å². The Bertz CT molecular complexity index is 1420. The van der Waals surface area contributed by atoms with Gasteiger partial charge in [-0.15, -0.1) is 0 Å². The van der Waals surface area contributed by atoms with E-state index in [9.17, 15) is 9.18 Å². The van der Waals surface area contributed by atoms with Crippen LogP contribution in [0.1, 0.15) is 16.8 Å². The molecule has 192 valence electrons. The first-order valence-corrected chi connectivity index (χ1v) is 12.3. The standard InChI is InChI=1S/C27H27FN4O5/c1-34-8-9-36-24-12-23-20(10-21(24)28)26(30-29-23)25-11-22(31-37-25)16-2-4-17(5-3-16)27(33)32-7-6-18-14-35-15-19(18)13-32/h2-5,10-12,18-19H,6-9,13-15H2,1H3,(H,29,30)/t18-,19+/m1/s1. The van der Waals surface area contributed by atoms with Crippen molar-refractivity contribution in [2.45, 2.75) is 6.42 Å². The van der Waals surface area contributed by atoms with Crippen LogP contribution in [0.3, 0.4) is 0 Å². The van der Waals surface area contributed by atoms with E-state index >= 15 is 0 Å². The van der Waals surface area contributed by atoms with Gasteiger partial charge in [0.1, 0.15) is 18.0 Å². The summed E-state index contributed by atoms with van der Waals surface area (Å²) >= 11 is 0. The highest BCUT2D eigenvalue weighted by Gasteiger charge is 2.35. The molecule has 6 rings (SSSR count). The van der Waals surface area contributed by atoms with Crippen molar-refractivity contribution in [1.29, 1.82) is 0 Å². The first-order valence-electron chi connectivity index (χ1n) is 12.3. The molecule has 0 unspecified atom stereocenters. The first kappa shape index (κ1) is 23.6. The van der Waals surface area contributed by atoms with Crippen LogP contribution in [-0.4, -0.2) is 72.8 Å². The number of methoxy groups -OCH3 is 1. The number of likely N-dealkylation sites (tertiary alicyclic amines) is 1. The third-order valence-electron chi connectivity index (χ3n) is 7.17. The molecule has 2 fully saturated rings. The Balaban J connectivity index is 1.18. The van der Waals surface area contributed by atoms with Gasteiger partial charge in [0.2, 0.25) is 0 Å². The number of rotatable bonds is 7. The lowest BCUT2D eigenvalue weighted by molar-refractivity contribution is 0.0641. The molecule has 4 aromatic rings. The number of carbonyl (C=O) groups excluding carboxylic acids is 1. The summed E-state index contributed by atoms with van der Waals surface area (Å²) in [6, 6.07) is 12.0. The summed E-state index contributed by atoms with van der Waals surface area (Å²) in [4.78, 5) is 15.0. The lowest BCUT2D eigenvalue weighted by Crippen LogP contribution is -2.43. The van der Waals surface area contributed by atoms with Gasteiger partial charge in [-0.25, -0.2) is 4.39 Å². The maximum absolute atomic E-state index is 14.6. The lowest BCUT2D eigenvalue weighted by atomic mass is 9.88. The molecule has 2 aromatic carbocycles. The van der Waals surface area contributed by atoms with Gasteiger partial charge in [-0.3, -0.25) is 9.89 Å². The van der Waals surface area contributed by atoms with Gasteiger partial charge in [0.05, 0.1) is 18.7 Å². The molecule has 2 aliphatic heterocycles. The zero-order valence-corrected chi connectivity index (χ0v) is 20.4. The molecule has 1 amide bonds. The minimum atomic E-state index is -0.504. The van der Waals surface area contributed by atoms with E-state index in [4.69, 9.17) is 18.7 Å². The second kappa shape index (κ2) is 9.95. The molecule has 0 aliphatic carbocycles. The van der Waals surface area contributed by atoms with Gasteiger partial charge < -0.3 is 23.6 Å². The Hall–Kier alpha value is -3.76.